The first kappa shape index (κ1) is 23.7. The molecule has 0 aliphatic carbocycles. The van der Waals surface area contributed by atoms with E-state index < -0.39 is 5.91 Å². The number of likely N-dealkylation sites (N-methyl/N-ethyl adjacent to an activating group) is 1. The fraction of sp³-hybridized carbons (Fsp3) is 0.250. The Morgan fingerprint density at radius 3 is 2.36 bits per heavy atom. The van der Waals surface area contributed by atoms with Crippen molar-refractivity contribution in [2.24, 2.45) is 5.10 Å². The third-order valence-electron chi connectivity index (χ3n) is 4.58. The number of rotatable bonds is 10. The third-order valence-corrected chi connectivity index (χ3v) is 4.58. The summed E-state index contributed by atoms with van der Waals surface area (Å²) in [4.78, 5) is 23.1. The van der Waals surface area contributed by atoms with Gasteiger partial charge in [-0.2, -0.15) is 5.10 Å². The summed E-state index contributed by atoms with van der Waals surface area (Å²) < 4.78 is 16.2. The van der Waals surface area contributed by atoms with Gasteiger partial charge < -0.3 is 19.1 Å². The minimum atomic E-state index is -0.473. The number of nitrogens with zero attached hydrogens (tertiary/aromatic N) is 4. The highest BCUT2D eigenvalue weighted by molar-refractivity contribution is 5.93. The molecule has 9 nitrogen and oxygen atoms in total. The monoisotopic (exact) mass is 449 g/mol. The van der Waals surface area contributed by atoms with Crippen molar-refractivity contribution in [1.82, 2.24) is 20.3 Å². The number of aromatic nitrogens is 2. The van der Waals surface area contributed by atoms with Crippen LogP contribution in [0.15, 0.2) is 60.0 Å². The summed E-state index contributed by atoms with van der Waals surface area (Å²) in [6.07, 6.45) is 4.49. The van der Waals surface area contributed by atoms with E-state index in [0.29, 0.717) is 29.4 Å². The smallest absolute Gasteiger partial charge is 0.291 e. The van der Waals surface area contributed by atoms with Crippen LogP contribution < -0.4 is 19.6 Å². The van der Waals surface area contributed by atoms with Gasteiger partial charge in [-0.05, 0) is 50.5 Å². The average molecular weight is 450 g/mol. The number of hydrazone groups is 1. The van der Waals surface area contributed by atoms with Gasteiger partial charge in [0, 0.05) is 23.7 Å². The molecule has 0 spiro atoms. The van der Waals surface area contributed by atoms with Gasteiger partial charge in [0.1, 0.15) is 29.5 Å². The van der Waals surface area contributed by atoms with Gasteiger partial charge in [0.2, 0.25) is 0 Å². The van der Waals surface area contributed by atoms with Crippen molar-refractivity contribution >= 4 is 12.1 Å². The molecule has 0 saturated carbocycles. The Labute approximate surface area is 193 Å². The Morgan fingerprint density at radius 2 is 1.73 bits per heavy atom. The topological polar surface area (TPSA) is 98.2 Å². The second kappa shape index (κ2) is 11.6. The predicted octanol–water partition coefficient (Wildman–Crippen LogP) is 2.87. The van der Waals surface area contributed by atoms with Gasteiger partial charge in [0.05, 0.1) is 38.5 Å². The van der Waals surface area contributed by atoms with Crippen LogP contribution in [0, 0.1) is 0 Å². The van der Waals surface area contributed by atoms with E-state index >= 15 is 0 Å². The number of hydrogen-bond donors (Lipinski definition) is 1. The molecule has 9 heteroatoms. The zero-order valence-electron chi connectivity index (χ0n) is 19.1. The standard InChI is InChI=1S/C24H27N5O4/c1-29(2)9-10-33-19-7-5-18(6-8-19)22-15-25-16-23(27-22)24(30)28-26-14-17-11-20(31-3)13-21(12-17)32-4/h5-8,11-16H,9-10H2,1-4H3,(H,28,30). The predicted molar refractivity (Wildman–Crippen MR) is 126 cm³/mol. The minimum absolute atomic E-state index is 0.152. The van der Waals surface area contributed by atoms with Crippen LogP contribution in [-0.2, 0) is 0 Å². The largest absolute Gasteiger partial charge is 0.497 e. The van der Waals surface area contributed by atoms with Crippen LogP contribution in [0.25, 0.3) is 11.3 Å². The van der Waals surface area contributed by atoms with Crippen LogP contribution in [0.1, 0.15) is 16.1 Å². The van der Waals surface area contributed by atoms with Crippen molar-refractivity contribution < 1.29 is 19.0 Å². The van der Waals surface area contributed by atoms with Crippen molar-refractivity contribution in [2.45, 2.75) is 0 Å². The third kappa shape index (κ3) is 7.01. The molecule has 0 saturated heterocycles. The number of carbonyl (C=O) groups excluding carboxylic acids is 1. The van der Waals surface area contributed by atoms with Crippen molar-refractivity contribution in [3.8, 4) is 28.5 Å². The zero-order chi connectivity index (χ0) is 23.6. The molecule has 3 rings (SSSR count). The van der Waals surface area contributed by atoms with E-state index in [0.717, 1.165) is 17.9 Å². The normalized spacial score (nSPS) is 10.9. The molecule has 0 unspecified atom stereocenters. The van der Waals surface area contributed by atoms with Gasteiger partial charge in [-0.25, -0.2) is 10.4 Å². The van der Waals surface area contributed by atoms with E-state index in [4.69, 9.17) is 14.2 Å². The first-order valence-corrected chi connectivity index (χ1v) is 10.2. The maximum atomic E-state index is 12.5. The maximum absolute atomic E-state index is 12.5. The van der Waals surface area contributed by atoms with Crippen LogP contribution in [0.5, 0.6) is 17.2 Å². The SMILES string of the molecule is COc1cc(C=NNC(=O)c2cncc(-c3ccc(OCCN(C)C)cc3)n2)cc(OC)c1. The van der Waals surface area contributed by atoms with Crippen LogP contribution in [0.4, 0.5) is 0 Å². The Morgan fingerprint density at radius 1 is 1.03 bits per heavy atom. The second-order valence-electron chi connectivity index (χ2n) is 7.31. The molecule has 0 aliphatic heterocycles. The van der Waals surface area contributed by atoms with Gasteiger partial charge in [-0.15, -0.1) is 0 Å². The molecule has 0 radical (unpaired) electrons. The Balaban J connectivity index is 1.64. The van der Waals surface area contributed by atoms with Gasteiger partial charge in [-0.1, -0.05) is 0 Å². The average Bonchev–Trinajstić information content (AvgIpc) is 2.84. The molecule has 3 aromatic rings. The molecule has 0 aliphatic rings. The molecule has 172 valence electrons. The van der Waals surface area contributed by atoms with Crippen LogP contribution >= 0.6 is 0 Å². The molecule has 1 aromatic heterocycles. The molecule has 1 amide bonds. The number of hydrogen-bond acceptors (Lipinski definition) is 8. The van der Waals surface area contributed by atoms with Gasteiger partial charge in [-0.3, -0.25) is 9.78 Å². The zero-order valence-corrected chi connectivity index (χ0v) is 19.1. The summed E-state index contributed by atoms with van der Waals surface area (Å²) in [7, 11) is 7.12. The first-order valence-electron chi connectivity index (χ1n) is 10.2. The lowest BCUT2D eigenvalue weighted by Crippen LogP contribution is -2.19. The molecule has 0 bridgehead atoms. The van der Waals surface area contributed by atoms with E-state index in [1.165, 1.54) is 12.4 Å². The summed E-state index contributed by atoms with van der Waals surface area (Å²) in [5, 5.41) is 4.00. The van der Waals surface area contributed by atoms with Crippen molar-refractivity contribution in [1.29, 1.82) is 0 Å². The molecule has 0 fully saturated rings. The Kier molecular flexibility index (Phi) is 8.31. The van der Waals surface area contributed by atoms with Crippen molar-refractivity contribution in [3.63, 3.8) is 0 Å². The highest BCUT2D eigenvalue weighted by Gasteiger charge is 2.10. The first-order chi connectivity index (χ1) is 16.0. The fourth-order valence-corrected chi connectivity index (χ4v) is 2.81. The lowest BCUT2D eigenvalue weighted by atomic mass is 10.1. The van der Waals surface area contributed by atoms with E-state index in [1.807, 2.05) is 38.4 Å². The van der Waals surface area contributed by atoms with Crippen LogP contribution in [-0.4, -0.2) is 68.5 Å². The Hall–Kier alpha value is -3.98. The lowest BCUT2D eigenvalue weighted by molar-refractivity contribution is 0.0950. The highest BCUT2D eigenvalue weighted by atomic mass is 16.5. The number of carbonyl (C=O) groups is 1. The van der Waals surface area contributed by atoms with E-state index in [2.05, 4.69) is 25.4 Å². The summed E-state index contributed by atoms with van der Waals surface area (Å²) in [6.45, 7) is 1.43. The number of methoxy groups -OCH3 is 2. The summed E-state index contributed by atoms with van der Waals surface area (Å²) >= 11 is 0. The number of amides is 1. The van der Waals surface area contributed by atoms with Gasteiger partial charge >= 0.3 is 0 Å². The molecule has 2 aromatic carbocycles. The fourth-order valence-electron chi connectivity index (χ4n) is 2.81. The summed E-state index contributed by atoms with van der Waals surface area (Å²) in [5.41, 5.74) is 4.72. The van der Waals surface area contributed by atoms with Gasteiger partial charge in [0.15, 0.2) is 0 Å². The van der Waals surface area contributed by atoms with Crippen molar-refractivity contribution in [2.75, 3.05) is 41.5 Å². The van der Waals surface area contributed by atoms with Crippen molar-refractivity contribution in [3.05, 3.63) is 66.1 Å². The van der Waals surface area contributed by atoms with Crippen LogP contribution in [0.2, 0.25) is 0 Å². The molecular formula is C24H27N5O4. The van der Waals surface area contributed by atoms with E-state index in [9.17, 15) is 4.79 Å². The molecular weight excluding hydrogens is 422 g/mol. The lowest BCUT2D eigenvalue weighted by Gasteiger charge is -2.11. The quantitative estimate of drug-likeness (QED) is 0.375. The highest BCUT2D eigenvalue weighted by Crippen LogP contribution is 2.22. The molecule has 33 heavy (non-hydrogen) atoms. The van der Waals surface area contributed by atoms with E-state index in [-0.39, 0.29) is 5.69 Å². The maximum Gasteiger partial charge on any atom is 0.291 e. The Bertz CT molecular complexity index is 1080. The summed E-state index contributed by atoms with van der Waals surface area (Å²) in [5.74, 6) is 1.54. The summed E-state index contributed by atoms with van der Waals surface area (Å²) in [6, 6.07) is 12.8. The molecule has 1 N–H and O–H groups in total. The number of benzene rings is 2. The van der Waals surface area contributed by atoms with Gasteiger partial charge in [0.25, 0.3) is 5.91 Å². The minimum Gasteiger partial charge on any atom is -0.497 e. The molecule has 0 atom stereocenters. The van der Waals surface area contributed by atoms with Crippen LogP contribution in [0.3, 0.4) is 0 Å². The van der Waals surface area contributed by atoms with E-state index in [1.54, 1.807) is 38.6 Å². The second-order valence-corrected chi connectivity index (χ2v) is 7.31. The number of nitrogens with one attached hydrogen (secondary N) is 1. The number of ether oxygens (including phenoxy) is 3. The molecule has 1 heterocycles.